The molecule has 3 rings (SSSR count). The second kappa shape index (κ2) is 4.32. The quantitative estimate of drug-likeness (QED) is 0.697. The molecule has 8 heteroatoms. The summed E-state index contributed by atoms with van der Waals surface area (Å²) in [4.78, 5) is 22.7. The van der Waals surface area contributed by atoms with Crippen molar-refractivity contribution < 1.29 is 11.2 Å². The Morgan fingerprint density at radius 3 is 3.26 bits per heavy atom. The number of fused-ring (bicyclic) bond motifs is 1. The minimum Gasteiger partial charge on any atom is -0.390 e. The molecule has 0 unspecified atom stereocenters. The van der Waals surface area contributed by atoms with E-state index < -0.39 is 18.4 Å². The lowest BCUT2D eigenvalue weighted by atomic mass is 10.2. The van der Waals surface area contributed by atoms with Gasteiger partial charge in [0, 0.05) is 14.8 Å². The van der Waals surface area contributed by atoms with Crippen LogP contribution in [0.2, 0.25) is 0 Å². The Labute approximate surface area is 109 Å². The molecule has 2 aromatic rings. The van der Waals surface area contributed by atoms with Gasteiger partial charge in [0.05, 0.1) is 18.5 Å². The summed E-state index contributed by atoms with van der Waals surface area (Å²) in [5.41, 5.74) is 0.269. The Hall–Kier alpha value is -1.93. The second-order valence-corrected chi connectivity index (χ2v) is 4.42. The van der Waals surface area contributed by atoms with E-state index in [2.05, 4.69) is 20.3 Å². The maximum absolute atomic E-state index is 11.8. The predicted molar refractivity (Wildman–Crippen MR) is 67.9 cm³/mol. The average Bonchev–Trinajstić information content (AvgIpc) is 3.01. The molecular weight excluding hydrogens is 250 g/mol. The Balaban J connectivity index is 2.05. The van der Waals surface area contributed by atoms with Gasteiger partial charge in [-0.2, -0.15) is 4.98 Å². The van der Waals surface area contributed by atoms with Crippen LogP contribution in [0.15, 0.2) is 11.1 Å². The summed E-state index contributed by atoms with van der Waals surface area (Å²) in [5.74, 6) is 0.333. The first-order chi connectivity index (χ1) is 9.63. The Kier molecular flexibility index (Phi) is 2.49. The van der Waals surface area contributed by atoms with Crippen LogP contribution in [0.3, 0.4) is 0 Å². The number of nitrogens with zero attached hydrogens (tertiary/aromatic N) is 3. The molecule has 1 saturated heterocycles. The van der Waals surface area contributed by atoms with Gasteiger partial charge in [-0.05, 0) is 6.90 Å². The lowest BCUT2D eigenvalue weighted by Gasteiger charge is -2.12. The molecule has 1 aliphatic rings. The van der Waals surface area contributed by atoms with E-state index >= 15 is 0 Å². The molecule has 0 amide bonds. The summed E-state index contributed by atoms with van der Waals surface area (Å²) in [5, 5.41) is 12.6. The van der Waals surface area contributed by atoms with Crippen molar-refractivity contribution in [2.24, 2.45) is 0 Å². The van der Waals surface area contributed by atoms with Crippen molar-refractivity contribution in [3.8, 4) is 0 Å². The Morgan fingerprint density at radius 2 is 2.58 bits per heavy atom. The van der Waals surface area contributed by atoms with Crippen molar-refractivity contribution in [3.05, 3.63) is 16.7 Å². The fourth-order valence-corrected chi connectivity index (χ4v) is 2.14. The van der Waals surface area contributed by atoms with Gasteiger partial charge in [-0.25, -0.2) is 4.98 Å². The van der Waals surface area contributed by atoms with E-state index in [1.165, 1.54) is 6.33 Å². The maximum Gasteiger partial charge on any atom is 0.280 e. The number of rotatable bonds is 2. The molecule has 3 atom stereocenters. The molecule has 19 heavy (non-hydrogen) atoms. The SMILES string of the molecule is [3H]C[C@H]1O[C@@H](n2cnc3c(=O)[nH]c(NC)nc32)C[C@H]1O. The molecule has 0 saturated carbocycles. The van der Waals surface area contributed by atoms with Crippen LogP contribution in [-0.4, -0.2) is 43.9 Å². The van der Waals surface area contributed by atoms with Gasteiger partial charge < -0.3 is 15.2 Å². The second-order valence-electron chi connectivity index (χ2n) is 4.42. The largest absolute Gasteiger partial charge is 0.390 e. The van der Waals surface area contributed by atoms with E-state index in [0.29, 0.717) is 18.0 Å². The standard InChI is InChI=1S/C11H15N5O3/c1-5-6(17)3-7(19-5)16-4-13-8-9(16)14-11(12-2)15-10(8)18/h4-7,17H,3H2,1-2H3,(H2,12,14,15,18)/t5-,6-,7-/m1/s1/i1T. The summed E-state index contributed by atoms with van der Waals surface area (Å²) in [6, 6.07) is 0. The molecule has 3 heterocycles. The van der Waals surface area contributed by atoms with Crippen molar-refractivity contribution in [3.63, 3.8) is 0 Å². The monoisotopic (exact) mass is 267 g/mol. The molecule has 0 bridgehead atoms. The van der Waals surface area contributed by atoms with Gasteiger partial charge in [0.25, 0.3) is 5.56 Å². The number of H-pyrrole nitrogens is 1. The zero-order valence-corrected chi connectivity index (χ0v) is 10.3. The topological polar surface area (TPSA) is 105 Å². The van der Waals surface area contributed by atoms with Crippen LogP contribution in [-0.2, 0) is 4.74 Å². The molecule has 102 valence electrons. The van der Waals surface area contributed by atoms with Gasteiger partial charge >= 0.3 is 0 Å². The Morgan fingerprint density at radius 1 is 1.74 bits per heavy atom. The predicted octanol–water partition coefficient (Wildman–Crippen LogP) is -0.170. The lowest BCUT2D eigenvalue weighted by molar-refractivity contribution is -0.00632. The molecule has 0 aromatic carbocycles. The summed E-state index contributed by atoms with van der Waals surface area (Å²) in [6.45, 7) is -0.0138. The molecule has 0 radical (unpaired) electrons. The van der Waals surface area contributed by atoms with E-state index in [4.69, 9.17) is 6.11 Å². The summed E-state index contributed by atoms with van der Waals surface area (Å²) in [6.07, 6.45) is 0.127. The number of aliphatic hydroxyl groups is 1. The first-order valence-electron chi connectivity index (χ1n) is 6.62. The van der Waals surface area contributed by atoms with Crippen molar-refractivity contribution in [2.45, 2.75) is 31.8 Å². The molecule has 8 nitrogen and oxygen atoms in total. The first kappa shape index (κ1) is 10.9. The molecule has 1 aliphatic heterocycles. The van der Waals surface area contributed by atoms with Gasteiger partial charge in [0.1, 0.15) is 6.23 Å². The van der Waals surface area contributed by atoms with E-state index in [9.17, 15) is 9.90 Å². The molecular formula is C11H15N5O3. The number of aromatic amines is 1. The molecule has 1 fully saturated rings. The average molecular weight is 267 g/mol. The molecule has 0 aliphatic carbocycles. The van der Waals surface area contributed by atoms with E-state index in [-0.39, 0.29) is 18.0 Å². The fourth-order valence-electron chi connectivity index (χ4n) is 2.14. The first-order valence-corrected chi connectivity index (χ1v) is 5.91. The minimum absolute atomic E-state index is 0.0138. The van der Waals surface area contributed by atoms with E-state index in [1.807, 2.05) is 0 Å². The highest BCUT2D eigenvalue weighted by molar-refractivity contribution is 5.70. The van der Waals surface area contributed by atoms with Crippen molar-refractivity contribution in [1.82, 2.24) is 19.5 Å². The highest BCUT2D eigenvalue weighted by Crippen LogP contribution is 2.30. The number of ether oxygens (including phenoxy) is 1. The van der Waals surface area contributed by atoms with Crippen LogP contribution >= 0.6 is 0 Å². The normalized spacial score (nSPS) is 27.7. The van der Waals surface area contributed by atoms with Crippen molar-refractivity contribution in [1.29, 1.82) is 0 Å². The third-order valence-corrected chi connectivity index (χ3v) is 3.18. The van der Waals surface area contributed by atoms with Crippen LogP contribution in [0.5, 0.6) is 0 Å². The zero-order valence-electron chi connectivity index (χ0n) is 11.3. The van der Waals surface area contributed by atoms with Crippen molar-refractivity contribution >= 4 is 17.1 Å². The third kappa shape index (κ3) is 1.89. The fraction of sp³-hybridized carbons (Fsp3) is 0.545. The number of anilines is 1. The van der Waals surface area contributed by atoms with Crippen molar-refractivity contribution in [2.75, 3.05) is 12.4 Å². The highest BCUT2D eigenvalue weighted by Gasteiger charge is 2.32. The Bertz CT molecular complexity index is 684. The van der Waals surface area contributed by atoms with Crippen LogP contribution in [0.25, 0.3) is 11.2 Å². The number of nitrogens with one attached hydrogen (secondary N) is 2. The maximum atomic E-state index is 11.8. The van der Waals surface area contributed by atoms with Gasteiger partial charge in [0.2, 0.25) is 5.95 Å². The lowest BCUT2D eigenvalue weighted by Crippen LogP contribution is -2.15. The van der Waals surface area contributed by atoms with Gasteiger partial charge in [-0.15, -0.1) is 0 Å². The van der Waals surface area contributed by atoms with Crippen LogP contribution in [0.1, 0.15) is 20.9 Å². The number of imidazole rings is 1. The molecule has 0 spiro atoms. The minimum atomic E-state index is -0.694. The summed E-state index contributed by atoms with van der Waals surface area (Å²) < 4.78 is 14.5. The number of aromatic nitrogens is 4. The number of hydrogen-bond acceptors (Lipinski definition) is 6. The number of aliphatic hydroxyl groups excluding tert-OH is 1. The van der Waals surface area contributed by atoms with Gasteiger partial charge in [-0.3, -0.25) is 14.3 Å². The number of hydrogen-bond donors (Lipinski definition) is 3. The molecule has 3 N–H and O–H groups in total. The zero-order chi connectivity index (χ0) is 14.3. The summed E-state index contributed by atoms with van der Waals surface area (Å²) >= 11 is 0. The van der Waals surface area contributed by atoms with E-state index in [1.54, 1.807) is 11.6 Å². The smallest absolute Gasteiger partial charge is 0.280 e. The summed E-state index contributed by atoms with van der Waals surface area (Å²) in [7, 11) is 1.65. The van der Waals surface area contributed by atoms with Gasteiger partial charge in [-0.1, -0.05) is 0 Å². The van der Waals surface area contributed by atoms with Crippen LogP contribution < -0.4 is 10.9 Å². The van der Waals surface area contributed by atoms with E-state index in [0.717, 1.165) is 0 Å². The third-order valence-electron chi connectivity index (χ3n) is 3.18. The molecule has 2 aromatic heterocycles. The highest BCUT2D eigenvalue weighted by atomic mass is 16.5. The van der Waals surface area contributed by atoms with Gasteiger partial charge in [0.15, 0.2) is 11.2 Å². The van der Waals surface area contributed by atoms with Crippen LogP contribution in [0.4, 0.5) is 5.95 Å². The van der Waals surface area contributed by atoms with Crippen LogP contribution in [0, 0.1) is 0 Å².